The molecule has 6 rings (SSSR count). The van der Waals surface area contributed by atoms with Crippen molar-refractivity contribution < 1.29 is 33.4 Å². The van der Waals surface area contributed by atoms with Crippen LogP contribution >= 0.6 is 0 Å². The normalized spacial score (nSPS) is 24.2. The van der Waals surface area contributed by atoms with Gasteiger partial charge in [-0.25, -0.2) is 4.79 Å². The van der Waals surface area contributed by atoms with E-state index in [1.165, 1.54) is 36.8 Å². The second-order valence-corrected chi connectivity index (χ2v) is 10.7. The molecule has 9 heteroatoms. The van der Waals surface area contributed by atoms with Crippen LogP contribution in [0.5, 0.6) is 11.5 Å². The van der Waals surface area contributed by atoms with E-state index in [0.717, 1.165) is 12.8 Å². The number of ether oxygens (including phenoxy) is 3. The van der Waals surface area contributed by atoms with Gasteiger partial charge in [0.2, 0.25) is 11.8 Å². The Morgan fingerprint density at radius 3 is 2.41 bits per heavy atom. The van der Waals surface area contributed by atoms with Gasteiger partial charge in [0, 0.05) is 6.07 Å². The summed E-state index contributed by atoms with van der Waals surface area (Å²) in [4.78, 5) is 53.7. The van der Waals surface area contributed by atoms with Crippen molar-refractivity contribution >= 4 is 35.1 Å². The molecule has 0 radical (unpaired) electrons. The van der Waals surface area contributed by atoms with Crippen LogP contribution in [0.3, 0.4) is 0 Å². The van der Waals surface area contributed by atoms with E-state index in [-0.39, 0.29) is 47.0 Å². The monoisotopic (exact) mass is 554 g/mol. The van der Waals surface area contributed by atoms with Gasteiger partial charge in [0.05, 0.1) is 43.0 Å². The second-order valence-electron chi connectivity index (χ2n) is 10.7. The first kappa shape index (κ1) is 26.6. The lowest BCUT2D eigenvalue weighted by atomic mass is 9.73. The SMILES string of the molecule is COc1ccc(NC(=O)COC(=O)c2cccc(N3C(=O)[C@@H]4[C@@H]5C[C@@H]([C@H]4C3=O)[C@H](c3ccccc3)C5)c2)c(OC)c1. The number of hydrogen-bond donors (Lipinski definition) is 1. The summed E-state index contributed by atoms with van der Waals surface area (Å²) in [6.07, 6.45) is 1.79. The number of rotatable bonds is 8. The van der Waals surface area contributed by atoms with Crippen LogP contribution in [0.15, 0.2) is 72.8 Å². The topological polar surface area (TPSA) is 111 Å². The number of hydrogen-bond acceptors (Lipinski definition) is 7. The van der Waals surface area contributed by atoms with E-state index in [2.05, 4.69) is 17.4 Å². The van der Waals surface area contributed by atoms with Gasteiger partial charge in [-0.3, -0.25) is 19.3 Å². The van der Waals surface area contributed by atoms with Gasteiger partial charge in [-0.15, -0.1) is 0 Å². The second kappa shape index (κ2) is 10.7. The predicted molar refractivity (Wildman–Crippen MR) is 150 cm³/mol. The van der Waals surface area contributed by atoms with Crippen molar-refractivity contribution in [1.29, 1.82) is 0 Å². The molecular weight excluding hydrogens is 524 g/mol. The lowest BCUT2D eigenvalue weighted by molar-refractivity contribution is -0.123. The largest absolute Gasteiger partial charge is 0.497 e. The fraction of sp³-hybridized carbons (Fsp3) is 0.312. The summed E-state index contributed by atoms with van der Waals surface area (Å²) in [6.45, 7) is -0.534. The summed E-state index contributed by atoms with van der Waals surface area (Å²) >= 11 is 0. The van der Waals surface area contributed by atoms with E-state index in [1.807, 2.05) is 18.2 Å². The van der Waals surface area contributed by atoms with Gasteiger partial charge in [-0.05, 0) is 66.5 Å². The highest BCUT2D eigenvalue weighted by Crippen LogP contribution is 2.61. The van der Waals surface area contributed by atoms with Gasteiger partial charge in [-0.1, -0.05) is 36.4 Å². The van der Waals surface area contributed by atoms with Crippen molar-refractivity contribution in [2.45, 2.75) is 18.8 Å². The van der Waals surface area contributed by atoms with Crippen molar-refractivity contribution in [3.05, 3.63) is 83.9 Å². The minimum Gasteiger partial charge on any atom is -0.497 e. The van der Waals surface area contributed by atoms with Crippen molar-refractivity contribution in [3.8, 4) is 11.5 Å². The van der Waals surface area contributed by atoms with Gasteiger partial charge in [0.25, 0.3) is 5.91 Å². The molecule has 1 aliphatic heterocycles. The number of nitrogens with zero attached hydrogens (tertiary/aromatic N) is 1. The third kappa shape index (κ3) is 4.71. The Bertz CT molecular complexity index is 1520. The summed E-state index contributed by atoms with van der Waals surface area (Å²) in [5.74, 6) is -0.835. The van der Waals surface area contributed by atoms with E-state index in [0.29, 0.717) is 22.9 Å². The van der Waals surface area contributed by atoms with E-state index in [1.54, 1.807) is 30.3 Å². The molecule has 0 unspecified atom stereocenters. The fourth-order valence-corrected chi connectivity index (χ4v) is 6.87. The van der Waals surface area contributed by atoms with Crippen LogP contribution in [0.4, 0.5) is 11.4 Å². The Morgan fingerprint density at radius 1 is 0.878 bits per heavy atom. The highest BCUT2D eigenvalue weighted by Gasteiger charge is 2.64. The van der Waals surface area contributed by atoms with Gasteiger partial charge >= 0.3 is 5.97 Å². The molecule has 0 aromatic heterocycles. The lowest BCUT2D eigenvalue weighted by Gasteiger charge is -2.28. The van der Waals surface area contributed by atoms with Gasteiger partial charge < -0.3 is 19.5 Å². The smallest absolute Gasteiger partial charge is 0.338 e. The number of imide groups is 1. The first-order valence-corrected chi connectivity index (χ1v) is 13.6. The predicted octanol–water partition coefficient (Wildman–Crippen LogP) is 4.43. The fourth-order valence-electron chi connectivity index (χ4n) is 6.87. The Balaban J connectivity index is 1.12. The summed E-state index contributed by atoms with van der Waals surface area (Å²) in [5.41, 5.74) is 2.10. The summed E-state index contributed by atoms with van der Waals surface area (Å²) in [5, 5.41) is 2.65. The van der Waals surface area contributed by atoms with Crippen LogP contribution < -0.4 is 19.7 Å². The number of benzene rings is 3. The van der Waals surface area contributed by atoms with Crippen LogP contribution in [0.2, 0.25) is 0 Å². The zero-order valence-electron chi connectivity index (χ0n) is 22.7. The quantitative estimate of drug-likeness (QED) is 0.324. The molecule has 3 aliphatic rings. The molecule has 3 aromatic carbocycles. The molecule has 2 aliphatic carbocycles. The maximum atomic E-state index is 13.6. The molecule has 3 fully saturated rings. The molecule has 3 aromatic rings. The van der Waals surface area contributed by atoms with Gasteiger partial charge in [0.1, 0.15) is 11.5 Å². The Labute approximate surface area is 237 Å². The average molecular weight is 555 g/mol. The molecule has 5 atom stereocenters. The van der Waals surface area contributed by atoms with Gasteiger partial charge in [-0.2, -0.15) is 0 Å². The summed E-state index contributed by atoms with van der Waals surface area (Å²) < 4.78 is 15.7. The lowest BCUT2D eigenvalue weighted by Crippen LogP contribution is -2.33. The minimum atomic E-state index is -0.743. The third-order valence-corrected chi connectivity index (χ3v) is 8.60. The molecular formula is C32H30N2O7. The van der Waals surface area contributed by atoms with E-state index >= 15 is 0 Å². The maximum Gasteiger partial charge on any atom is 0.338 e. The van der Waals surface area contributed by atoms with E-state index in [9.17, 15) is 19.2 Å². The zero-order valence-corrected chi connectivity index (χ0v) is 22.7. The number of anilines is 2. The van der Waals surface area contributed by atoms with E-state index in [4.69, 9.17) is 14.2 Å². The highest BCUT2D eigenvalue weighted by molar-refractivity contribution is 6.23. The average Bonchev–Trinajstić information content (AvgIpc) is 3.67. The summed E-state index contributed by atoms with van der Waals surface area (Å²) in [6, 6.07) is 21.3. The number of carbonyl (C=O) groups is 4. The molecule has 1 saturated heterocycles. The Kier molecular flexibility index (Phi) is 6.95. The Hall–Kier alpha value is -4.66. The molecule has 1 N–H and O–H groups in total. The van der Waals surface area contributed by atoms with E-state index < -0.39 is 18.5 Å². The van der Waals surface area contributed by atoms with Crippen molar-refractivity contribution in [2.75, 3.05) is 31.0 Å². The van der Waals surface area contributed by atoms with Gasteiger partial charge in [0.15, 0.2) is 6.61 Å². The van der Waals surface area contributed by atoms with Crippen LogP contribution in [-0.2, 0) is 19.1 Å². The Morgan fingerprint density at radius 2 is 1.66 bits per heavy atom. The molecule has 2 saturated carbocycles. The molecule has 3 amide bonds. The third-order valence-electron chi connectivity index (χ3n) is 8.60. The number of carbonyl (C=O) groups excluding carboxylic acids is 4. The minimum absolute atomic E-state index is 0.129. The van der Waals surface area contributed by atoms with Crippen LogP contribution in [-0.4, -0.2) is 44.5 Å². The van der Waals surface area contributed by atoms with Crippen molar-refractivity contribution in [2.24, 2.45) is 23.7 Å². The molecule has 210 valence electrons. The molecule has 1 heterocycles. The molecule has 0 spiro atoms. The van der Waals surface area contributed by atoms with Crippen molar-refractivity contribution in [3.63, 3.8) is 0 Å². The molecule has 41 heavy (non-hydrogen) atoms. The summed E-state index contributed by atoms with van der Waals surface area (Å²) in [7, 11) is 2.99. The number of nitrogens with one attached hydrogen (secondary N) is 1. The standard InChI is InChI=1S/C32H30N2O7/c1-39-22-11-12-25(26(16-22)40-2)33-27(35)17-41-32(38)19-9-6-10-21(13-19)34-30(36)28-20-14-23(18-7-4-3-5-8-18)24(15-20)29(28)31(34)37/h3-13,16,20,23-24,28-29H,14-15,17H2,1-2H3,(H,33,35)/t20-,23-,24+,28+,29+/m0/s1. The van der Waals surface area contributed by atoms with Crippen molar-refractivity contribution in [1.82, 2.24) is 0 Å². The van der Waals surface area contributed by atoms with Crippen LogP contribution in [0.25, 0.3) is 0 Å². The number of amides is 3. The first-order valence-electron chi connectivity index (χ1n) is 13.6. The molecule has 9 nitrogen and oxygen atoms in total. The van der Waals surface area contributed by atoms with Crippen LogP contribution in [0.1, 0.15) is 34.7 Å². The number of methoxy groups -OCH3 is 2. The molecule has 2 bridgehead atoms. The first-order chi connectivity index (χ1) is 19.9. The zero-order chi connectivity index (χ0) is 28.7. The number of fused-ring (bicyclic) bond motifs is 5. The van der Waals surface area contributed by atoms with Crippen LogP contribution in [0, 0.1) is 23.7 Å². The maximum absolute atomic E-state index is 13.6. The highest BCUT2D eigenvalue weighted by atomic mass is 16.5. The number of esters is 1.